The molecule has 51 heavy (non-hydrogen) atoms. The van der Waals surface area contributed by atoms with E-state index in [-0.39, 0.29) is 50.8 Å². The van der Waals surface area contributed by atoms with Crippen molar-refractivity contribution in [3.63, 3.8) is 0 Å². The fourth-order valence-electron chi connectivity index (χ4n) is 6.10. The summed E-state index contributed by atoms with van der Waals surface area (Å²) in [6, 6.07) is 3.94. The number of carboxylic acids is 1. The Bertz CT molecular complexity index is 2120. The van der Waals surface area contributed by atoms with Gasteiger partial charge in [0, 0.05) is 6.07 Å². The molecule has 4 aromatic rings. The van der Waals surface area contributed by atoms with Crippen molar-refractivity contribution in [1.82, 2.24) is 0 Å². The van der Waals surface area contributed by atoms with Crippen molar-refractivity contribution >= 4 is 23.9 Å². The molecule has 0 bridgehead atoms. The first-order valence-corrected chi connectivity index (χ1v) is 15.7. The predicted molar refractivity (Wildman–Crippen MR) is 185 cm³/mol. The van der Waals surface area contributed by atoms with Gasteiger partial charge in [-0.1, -0.05) is 0 Å². The van der Waals surface area contributed by atoms with E-state index in [0.717, 1.165) is 0 Å². The second-order valence-electron chi connectivity index (χ2n) is 12.5. The SMILES string of the molecule is COc1cc(O)cc(C)c1C(=O)Oc1c(C)c(C)c(C(=O)Oc2cc(C)c(C(=O)Oc3c(C)c(C)c(C(=O)O)c(C)c3C)c(C)c2C)c(O)c1F. The predicted octanol–water partition coefficient (Wildman–Crippen LogP) is 7.69. The molecule has 0 atom stereocenters. The lowest BCUT2D eigenvalue weighted by Crippen LogP contribution is -2.18. The molecule has 0 saturated carbocycles. The van der Waals surface area contributed by atoms with Gasteiger partial charge in [-0.05, 0) is 137 Å². The van der Waals surface area contributed by atoms with Gasteiger partial charge in [0.05, 0.1) is 18.2 Å². The average molecular weight is 703 g/mol. The highest BCUT2D eigenvalue weighted by Gasteiger charge is 2.31. The highest BCUT2D eigenvalue weighted by Crippen LogP contribution is 2.40. The highest BCUT2D eigenvalue weighted by atomic mass is 19.1. The molecule has 4 rings (SSSR count). The first kappa shape index (κ1) is 37.9. The van der Waals surface area contributed by atoms with Gasteiger partial charge in [-0.25, -0.2) is 19.2 Å². The van der Waals surface area contributed by atoms with Crippen LogP contribution in [-0.2, 0) is 0 Å². The topological polar surface area (TPSA) is 166 Å². The summed E-state index contributed by atoms with van der Waals surface area (Å²) in [5.41, 5.74) is 3.37. The molecule has 3 N–H and O–H groups in total. The number of phenols is 2. The molecule has 0 aliphatic heterocycles. The number of hydrogen-bond acceptors (Lipinski definition) is 10. The fraction of sp³-hybridized carbons (Fsp3) is 0.282. The smallest absolute Gasteiger partial charge is 0.347 e. The van der Waals surface area contributed by atoms with E-state index >= 15 is 4.39 Å². The van der Waals surface area contributed by atoms with E-state index in [0.29, 0.717) is 44.5 Å². The monoisotopic (exact) mass is 702 g/mol. The molecule has 0 amide bonds. The van der Waals surface area contributed by atoms with Crippen molar-refractivity contribution in [2.24, 2.45) is 0 Å². The lowest BCUT2D eigenvalue weighted by molar-refractivity contribution is 0.0689. The zero-order valence-corrected chi connectivity index (χ0v) is 30.2. The van der Waals surface area contributed by atoms with Gasteiger partial charge in [0.1, 0.15) is 34.1 Å². The molecule has 0 fully saturated rings. The molecule has 0 aromatic heterocycles. The van der Waals surface area contributed by atoms with Crippen molar-refractivity contribution in [3.8, 4) is 34.5 Å². The number of carbonyl (C=O) groups excluding carboxylic acids is 3. The lowest BCUT2D eigenvalue weighted by Gasteiger charge is -2.20. The maximum absolute atomic E-state index is 15.6. The van der Waals surface area contributed by atoms with Gasteiger partial charge >= 0.3 is 23.9 Å². The minimum atomic E-state index is -1.37. The number of rotatable bonds is 8. The number of carbonyl (C=O) groups is 4. The summed E-state index contributed by atoms with van der Waals surface area (Å²) >= 11 is 0. The van der Waals surface area contributed by atoms with Crippen LogP contribution >= 0.6 is 0 Å². The third-order valence-corrected chi connectivity index (χ3v) is 9.45. The summed E-state index contributed by atoms with van der Waals surface area (Å²) in [5.74, 6) is -6.86. The Morgan fingerprint density at radius 2 is 0.980 bits per heavy atom. The second-order valence-corrected chi connectivity index (χ2v) is 12.5. The molecule has 0 saturated heterocycles. The Kier molecular flexibility index (Phi) is 10.5. The number of hydrogen-bond donors (Lipinski definition) is 3. The van der Waals surface area contributed by atoms with Crippen LogP contribution in [0.15, 0.2) is 18.2 Å². The molecule has 0 heterocycles. The molecular weight excluding hydrogens is 663 g/mol. The molecule has 11 nitrogen and oxygen atoms in total. The quantitative estimate of drug-likeness (QED) is 0.122. The number of phenolic OH excluding ortho intramolecular Hbond substituents is 2. The van der Waals surface area contributed by atoms with Crippen LogP contribution in [-0.4, -0.2) is 46.3 Å². The summed E-state index contributed by atoms with van der Waals surface area (Å²) in [6.45, 7) is 15.9. The first-order chi connectivity index (χ1) is 23.7. The van der Waals surface area contributed by atoms with E-state index in [1.54, 1.807) is 48.5 Å². The number of ether oxygens (including phenoxy) is 4. The largest absolute Gasteiger partial charge is 0.508 e. The van der Waals surface area contributed by atoms with E-state index in [9.17, 15) is 34.5 Å². The zero-order chi connectivity index (χ0) is 38.4. The molecular formula is C39H39FO11. The Hall–Kier alpha value is -5.91. The molecule has 12 heteroatoms. The summed E-state index contributed by atoms with van der Waals surface area (Å²) in [7, 11) is 1.28. The van der Waals surface area contributed by atoms with E-state index in [1.165, 1.54) is 46.1 Å². The number of aryl methyl sites for hydroxylation is 2. The normalized spacial score (nSPS) is 10.9. The Morgan fingerprint density at radius 1 is 0.529 bits per heavy atom. The van der Waals surface area contributed by atoms with Crippen LogP contribution in [0.25, 0.3) is 0 Å². The molecule has 4 aromatic carbocycles. The summed E-state index contributed by atoms with van der Waals surface area (Å²) < 4.78 is 37.7. The standard InChI is InChI=1S/C39H39FO11/c1-15-12-25(41)14-27(48-11)29(15)38(46)51-35-24(10)21(7)31(33(42)32(35)40)39(47)49-26-13-16(2)28(18(4)17(26)3)37(45)50-34-22(8)19(5)30(36(43)44)20(6)23(34)9/h12-14,41-42H,1-11H3,(H,43,44). The third kappa shape index (κ3) is 6.69. The van der Waals surface area contributed by atoms with Crippen molar-refractivity contribution in [1.29, 1.82) is 0 Å². The lowest BCUT2D eigenvalue weighted by atomic mass is 9.93. The zero-order valence-electron chi connectivity index (χ0n) is 30.2. The summed E-state index contributed by atoms with van der Waals surface area (Å²) in [6.07, 6.45) is 0. The Balaban J connectivity index is 1.66. The van der Waals surface area contributed by atoms with Gasteiger partial charge < -0.3 is 34.3 Å². The Morgan fingerprint density at radius 3 is 1.53 bits per heavy atom. The van der Waals surface area contributed by atoms with Crippen LogP contribution in [0.4, 0.5) is 4.39 Å². The number of carboxylic acid groups (broad SMARTS) is 1. The van der Waals surface area contributed by atoms with Gasteiger partial charge in [-0.2, -0.15) is 4.39 Å². The van der Waals surface area contributed by atoms with Crippen LogP contribution in [0, 0.1) is 75.1 Å². The highest BCUT2D eigenvalue weighted by molar-refractivity contribution is 6.00. The summed E-state index contributed by atoms with van der Waals surface area (Å²) in [4.78, 5) is 52.0. The van der Waals surface area contributed by atoms with Gasteiger partial charge in [0.25, 0.3) is 0 Å². The maximum Gasteiger partial charge on any atom is 0.347 e. The van der Waals surface area contributed by atoms with Crippen LogP contribution in [0.1, 0.15) is 97.1 Å². The van der Waals surface area contributed by atoms with Gasteiger partial charge in [-0.3, -0.25) is 0 Å². The van der Waals surface area contributed by atoms with Crippen LogP contribution < -0.4 is 18.9 Å². The molecule has 0 aliphatic rings. The number of aromatic hydroxyl groups is 2. The number of esters is 3. The second kappa shape index (κ2) is 14.1. The molecule has 0 radical (unpaired) electrons. The number of methoxy groups -OCH3 is 1. The third-order valence-electron chi connectivity index (χ3n) is 9.45. The van der Waals surface area contributed by atoms with Crippen LogP contribution in [0.2, 0.25) is 0 Å². The van der Waals surface area contributed by atoms with Gasteiger partial charge in [-0.15, -0.1) is 0 Å². The first-order valence-electron chi connectivity index (χ1n) is 15.7. The van der Waals surface area contributed by atoms with E-state index in [2.05, 4.69) is 0 Å². The van der Waals surface area contributed by atoms with Crippen molar-refractivity contribution in [2.45, 2.75) is 69.2 Å². The van der Waals surface area contributed by atoms with Crippen LogP contribution in [0.3, 0.4) is 0 Å². The minimum absolute atomic E-state index is 0.0123. The number of benzene rings is 4. The van der Waals surface area contributed by atoms with E-state index < -0.39 is 46.8 Å². The summed E-state index contributed by atoms with van der Waals surface area (Å²) in [5, 5.41) is 30.4. The molecule has 0 aliphatic carbocycles. The molecule has 0 spiro atoms. The fourth-order valence-corrected chi connectivity index (χ4v) is 6.10. The minimum Gasteiger partial charge on any atom is -0.508 e. The van der Waals surface area contributed by atoms with Crippen molar-refractivity contribution in [3.05, 3.63) is 102 Å². The van der Waals surface area contributed by atoms with Gasteiger partial charge in [0.15, 0.2) is 11.5 Å². The van der Waals surface area contributed by atoms with Crippen molar-refractivity contribution < 1.29 is 57.8 Å². The molecule has 268 valence electrons. The number of halogens is 1. The average Bonchev–Trinajstić information content (AvgIpc) is 3.05. The van der Waals surface area contributed by atoms with Crippen molar-refractivity contribution in [2.75, 3.05) is 7.11 Å². The van der Waals surface area contributed by atoms with E-state index in [1.807, 2.05) is 0 Å². The number of aromatic carboxylic acids is 1. The maximum atomic E-state index is 15.6. The van der Waals surface area contributed by atoms with E-state index in [4.69, 9.17) is 18.9 Å². The van der Waals surface area contributed by atoms with Gasteiger partial charge in [0.2, 0.25) is 5.82 Å². The molecule has 0 unspecified atom stereocenters. The van der Waals surface area contributed by atoms with Crippen LogP contribution in [0.5, 0.6) is 34.5 Å². The Labute approximate surface area is 294 Å².